The van der Waals surface area contributed by atoms with E-state index in [2.05, 4.69) is 22.8 Å². The van der Waals surface area contributed by atoms with Crippen molar-refractivity contribution >= 4 is 23.0 Å². The van der Waals surface area contributed by atoms with Crippen molar-refractivity contribution in [2.75, 3.05) is 11.9 Å². The van der Waals surface area contributed by atoms with Gasteiger partial charge in [0.2, 0.25) is 0 Å². The lowest BCUT2D eigenvalue weighted by atomic mass is 10.1. The van der Waals surface area contributed by atoms with E-state index in [1.807, 2.05) is 56.3 Å². The summed E-state index contributed by atoms with van der Waals surface area (Å²) >= 11 is 5.30. The molecule has 0 atom stereocenters. The smallest absolute Gasteiger partial charge is 0.170 e. The summed E-state index contributed by atoms with van der Waals surface area (Å²) < 4.78 is 5.61. The Morgan fingerprint density at radius 1 is 1.05 bits per heavy atom. The molecular formula is C18H22N2OS. The molecule has 2 N–H and O–H groups in total. The highest BCUT2D eigenvalue weighted by molar-refractivity contribution is 7.80. The zero-order valence-electron chi connectivity index (χ0n) is 13.0. The van der Waals surface area contributed by atoms with E-state index in [1.165, 1.54) is 5.56 Å². The summed E-state index contributed by atoms with van der Waals surface area (Å²) in [6.07, 6.45) is 1.13. The van der Waals surface area contributed by atoms with Crippen LogP contribution in [0.3, 0.4) is 0 Å². The van der Waals surface area contributed by atoms with Crippen LogP contribution in [0.15, 0.2) is 54.6 Å². The molecule has 0 aliphatic carbocycles. The van der Waals surface area contributed by atoms with E-state index >= 15 is 0 Å². The first-order valence-corrected chi connectivity index (χ1v) is 7.90. The molecule has 0 heterocycles. The monoisotopic (exact) mass is 314 g/mol. The van der Waals surface area contributed by atoms with Crippen molar-refractivity contribution in [2.45, 2.75) is 26.4 Å². The number of rotatable bonds is 6. The average molecular weight is 314 g/mol. The van der Waals surface area contributed by atoms with Crippen molar-refractivity contribution in [3.05, 3.63) is 60.2 Å². The zero-order chi connectivity index (χ0) is 15.8. The highest BCUT2D eigenvalue weighted by atomic mass is 32.1. The third-order valence-electron chi connectivity index (χ3n) is 3.03. The Balaban J connectivity index is 1.74. The third kappa shape index (κ3) is 5.74. The minimum absolute atomic E-state index is 0.180. The van der Waals surface area contributed by atoms with Crippen LogP contribution in [0.5, 0.6) is 5.75 Å². The molecule has 2 rings (SSSR count). The van der Waals surface area contributed by atoms with Gasteiger partial charge < -0.3 is 15.4 Å². The highest BCUT2D eigenvalue weighted by Gasteiger charge is 2.00. The molecule has 0 bridgehead atoms. The normalized spacial score (nSPS) is 10.3. The molecule has 0 spiro atoms. The molecule has 22 heavy (non-hydrogen) atoms. The lowest BCUT2D eigenvalue weighted by molar-refractivity contribution is 0.242. The molecule has 0 saturated heterocycles. The summed E-state index contributed by atoms with van der Waals surface area (Å²) in [5, 5.41) is 7.02. The predicted octanol–water partition coefficient (Wildman–Crippen LogP) is 4.00. The maximum absolute atomic E-state index is 5.61. The van der Waals surface area contributed by atoms with Gasteiger partial charge in [0.05, 0.1) is 6.10 Å². The van der Waals surface area contributed by atoms with Crippen LogP contribution in [0.25, 0.3) is 0 Å². The lowest BCUT2D eigenvalue weighted by Crippen LogP contribution is -2.30. The molecule has 3 nitrogen and oxygen atoms in total. The number of hydrogen-bond acceptors (Lipinski definition) is 2. The molecular weight excluding hydrogens is 292 g/mol. The standard InChI is InChI=1S/C18H22N2OS/c1-14(2)21-17-10-8-16(9-11-17)20-18(22)19-13-12-15-6-4-3-5-7-15/h3-11,14H,12-13H2,1-2H3,(H2,19,20,22). The fourth-order valence-corrected chi connectivity index (χ4v) is 2.25. The lowest BCUT2D eigenvalue weighted by Gasteiger charge is -2.12. The first-order chi connectivity index (χ1) is 10.6. The number of thiocarbonyl (C=S) groups is 1. The molecule has 0 saturated carbocycles. The second-order valence-electron chi connectivity index (χ2n) is 5.31. The van der Waals surface area contributed by atoms with Crippen molar-refractivity contribution in [3.63, 3.8) is 0 Å². The summed E-state index contributed by atoms with van der Waals surface area (Å²) in [6.45, 7) is 4.83. The Hall–Kier alpha value is -2.07. The fraction of sp³-hybridized carbons (Fsp3) is 0.278. The van der Waals surface area contributed by atoms with Crippen LogP contribution in [-0.4, -0.2) is 17.8 Å². The number of ether oxygens (including phenoxy) is 1. The van der Waals surface area contributed by atoms with Crippen LogP contribution in [-0.2, 0) is 6.42 Å². The SMILES string of the molecule is CC(C)Oc1ccc(NC(=S)NCCc2ccccc2)cc1. The van der Waals surface area contributed by atoms with E-state index in [4.69, 9.17) is 17.0 Å². The van der Waals surface area contributed by atoms with E-state index < -0.39 is 0 Å². The Labute approximate surface area is 137 Å². The average Bonchev–Trinajstić information content (AvgIpc) is 2.50. The van der Waals surface area contributed by atoms with Crippen molar-refractivity contribution in [1.29, 1.82) is 0 Å². The summed E-state index contributed by atoms with van der Waals surface area (Å²) in [7, 11) is 0. The fourth-order valence-electron chi connectivity index (χ4n) is 2.03. The first kappa shape index (κ1) is 16.3. The molecule has 116 valence electrons. The van der Waals surface area contributed by atoms with Crippen LogP contribution in [0.4, 0.5) is 5.69 Å². The molecule has 4 heteroatoms. The van der Waals surface area contributed by atoms with Gasteiger partial charge in [-0.1, -0.05) is 30.3 Å². The zero-order valence-corrected chi connectivity index (χ0v) is 13.8. The van der Waals surface area contributed by atoms with Crippen molar-refractivity contribution in [1.82, 2.24) is 5.32 Å². The van der Waals surface area contributed by atoms with Crippen molar-refractivity contribution in [3.8, 4) is 5.75 Å². The van der Waals surface area contributed by atoms with Gasteiger partial charge in [-0.3, -0.25) is 0 Å². The van der Waals surface area contributed by atoms with Crippen LogP contribution < -0.4 is 15.4 Å². The minimum atomic E-state index is 0.180. The van der Waals surface area contributed by atoms with Crippen molar-refractivity contribution in [2.24, 2.45) is 0 Å². The summed E-state index contributed by atoms with van der Waals surface area (Å²) in [5.41, 5.74) is 2.25. The van der Waals surface area contributed by atoms with Crippen LogP contribution in [0.1, 0.15) is 19.4 Å². The predicted molar refractivity (Wildman–Crippen MR) is 96.6 cm³/mol. The topological polar surface area (TPSA) is 33.3 Å². The Morgan fingerprint density at radius 2 is 1.73 bits per heavy atom. The second kappa shape index (κ2) is 8.39. The van der Waals surface area contributed by atoms with Crippen molar-refractivity contribution < 1.29 is 4.74 Å². The van der Waals surface area contributed by atoms with Crippen LogP contribution >= 0.6 is 12.2 Å². The largest absolute Gasteiger partial charge is 0.491 e. The van der Waals surface area contributed by atoms with Gasteiger partial charge in [-0.15, -0.1) is 0 Å². The first-order valence-electron chi connectivity index (χ1n) is 7.49. The van der Waals surface area contributed by atoms with E-state index in [1.54, 1.807) is 0 Å². The molecule has 0 amide bonds. The molecule has 0 radical (unpaired) electrons. The molecule has 0 unspecified atom stereocenters. The molecule has 0 aliphatic rings. The van der Waals surface area contributed by atoms with E-state index in [-0.39, 0.29) is 6.10 Å². The molecule has 2 aromatic carbocycles. The molecule has 2 aromatic rings. The van der Waals surface area contributed by atoms with Crippen LogP contribution in [0, 0.1) is 0 Å². The van der Waals surface area contributed by atoms with Crippen LogP contribution in [0.2, 0.25) is 0 Å². The molecule has 0 fully saturated rings. The number of anilines is 1. The van der Waals surface area contributed by atoms with Gasteiger partial charge in [-0.25, -0.2) is 0 Å². The Bertz CT molecular complexity index is 582. The minimum Gasteiger partial charge on any atom is -0.491 e. The highest BCUT2D eigenvalue weighted by Crippen LogP contribution is 2.16. The maximum atomic E-state index is 5.61. The number of nitrogens with one attached hydrogen (secondary N) is 2. The maximum Gasteiger partial charge on any atom is 0.170 e. The van der Waals surface area contributed by atoms with Gasteiger partial charge in [0, 0.05) is 12.2 Å². The summed E-state index contributed by atoms with van der Waals surface area (Å²) in [5.74, 6) is 0.864. The molecule has 0 aliphatic heterocycles. The van der Waals surface area contributed by atoms with E-state index in [0.29, 0.717) is 5.11 Å². The van der Waals surface area contributed by atoms with Gasteiger partial charge in [0.15, 0.2) is 5.11 Å². The van der Waals surface area contributed by atoms with Gasteiger partial charge in [0.1, 0.15) is 5.75 Å². The van der Waals surface area contributed by atoms with Gasteiger partial charge >= 0.3 is 0 Å². The van der Waals surface area contributed by atoms with Gasteiger partial charge in [0.25, 0.3) is 0 Å². The molecule has 0 aromatic heterocycles. The third-order valence-corrected chi connectivity index (χ3v) is 3.27. The van der Waals surface area contributed by atoms with Gasteiger partial charge in [-0.2, -0.15) is 0 Å². The number of benzene rings is 2. The summed E-state index contributed by atoms with van der Waals surface area (Å²) in [4.78, 5) is 0. The Morgan fingerprint density at radius 3 is 2.36 bits per heavy atom. The van der Waals surface area contributed by atoms with Gasteiger partial charge in [-0.05, 0) is 62.3 Å². The Kier molecular flexibility index (Phi) is 6.22. The van der Waals surface area contributed by atoms with E-state index in [9.17, 15) is 0 Å². The summed E-state index contributed by atoms with van der Waals surface area (Å²) in [6, 6.07) is 18.2. The second-order valence-corrected chi connectivity index (χ2v) is 5.72. The number of hydrogen-bond donors (Lipinski definition) is 2. The quantitative estimate of drug-likeness (QED) is 0.790. The van der Waals surface area contributed by atoms with E-state index in [0.717, 1.165) is 24.4 Å².